The third-order valence-electron chi connectivity index (χ3n) is 7.64. The van der Waals surface area contributed by atoms with Gasteiger partial charge in [-0.15, -0.1) is 11.3 Å². The molecule has 3 aromatic rings. The highest BCUT2D eigenvalue weighted by Crippen LogP contribution is 2.38. The zero-order chi connectivity index (χ0) is 23.3. The van der Waals surface area contributed by atoms with E-state index >= 15 is 0 Å². The van der Waals surface area contributed by atoms with Gasteiger partial charge in [-0.05, 0) is 66.8 Å². The molecule has 1 saturated carbocycles. The van der Waals surface area contributed by atoms with Crippen LogP contribution in [-0.4, -0.2) is 28.0 Å². The maximum Gasteiger partial charge on any atom is 0.275 e. The van der Waals surface area contributed by atoms with Crippen molar-refractivity contribution >= 4 is 39.1 Å². The monoisotopic (exact) mass is 463 g/mol. The summed E-state index contributed by atoms with van der Waals surface area (Å²) in [6.45, 7) is 8.89. The Bertz CT molecular complexity index is 1190. The zero-order valence-electron chi connectivity index (χ0n) is 19.9. The average Bonchev–Trinajstić information content (AvgIpc) is 3.38. The van der Waals surface area contributed by atoms with Crippen LogP contribution < -0.4 is 10.2 Å². The Morgan fingerprint density at radius 2 is 1.88 bits per heavy atom. The Hall–Kier alpha value is -2.60. The van der Waals surface area contributed by atoms with Crippen LogP contribution in [0.15, 0.2) is 41.8 Å². The van der Waals surface area contributed by atoms with Crippen molar-refractivity contribution in [3.63, 3.8) is 0 Å². The van der Waals surface area contributed by atoms with Gasteiger partial charge in [-0.25, -0.2) is 0 Å². The predicted octanol–water partition coefficient (Wildman–Crippen LogP) is 5.94. The number of rotatable bonds is 4. The number of amides is 2. The number of hydrogen-bond donors (Lipinski definition) is 1. The lowest BCUT2D eigenvalue weighted by atomic mass is 9.84. The highest BCUT2D eigenvalue weighted by molar-refractivity contribution is 7.17. The molecule has 2 aliphatic rings. The van der Waals surface area contributed by atoms with Crippen LogP contribution in [-0.2, 0) is 11.3 Å². The minimum atomic E-state index is -1.02. The second-order valence-electron chi connectivity index (χ2n) is 10.3. The molecule has 1 fully saturated rings. The summed E-state index contributed by atoms with van der Waals surface area (Å²) in [6, 6.07) is 12.3. The normalized spacial score (nSPS) is 25.5. The summed E-state index contributed by atoms with van der Waals surface area (Å²) in [4.78, 5) is 29.6. The van der Waals surface area contributed by atoms with Gasteiger partial charge >= 0.3 is 0 Å². The number of anilines is 1. The number of thiophene rings is 1. The highest BCUT2D eigenvalue weighted by Gasteiger charge is 2.49. The molecule has 0 spiro atoms. The lowest BCUT2D eigenvalue weighted by Gasteiger charge is -2.45. The Kier molecular flexibility index (Phi) is 5.60. The van der Waals surface area contributed by atoms with Gasteiger partial charge in [0.25, 0.3) is 5.91 Å². The summed E-state index contributed by atoms with van der Waals surface area (Å²) < 4.78 is 3.12. The number of carbonyl (C=O) groups is 2. The first-order valence-corrected chi connectivity index (χ1v) is 13.0. The van der Waals surface area contributed by atoms with Crippen molar-refractivity contribution < 1.29 is 9.59 Å². The highest BCUT2D eigenvalue weighted by atomic mass is 32.1. The van der Waals surface area contributed by atoms with Gasteiger partial charge in [0.1, 0.15) is 11.2 Å². The maximum absolute atomic E-state index is 13.9. The molecular formula is C27H33N3O2S. The van der Waals surface area contributed by atoms with Crippen molar-refractivity contribution in [3.05, 3.63) is 53.0 Å². The van der Waals surface area contributed by atoms with Gasteiger partial charge < -0.3 is 9.88 Å². The fourth-order valence-corrected chi connectivity index (χ4v) is 6.30. The molecule has 0 saturated heterocycles. The Morgan fingerprint density at radius 1 is 1.15 bits per heavy atom. The fraction of sp³-hybridized carbons (Fsp3) is 0.481. The van der Waals surface area contributed by atoms with E-state index in [1.54, 1.807) is 16.2 Å². The van der Waals surface area contributed by atoms with E-state index in [0.29, 0.717) is 24.1 Å². The molecule has 5 rings (SSSR count). The van der Waals surface area contributed by atoms with Gasteiger partial charge in [0.05, 0.1) is 16.8 Å². The van der Waals surface area contributed by atoms with Crippen LogP contribution >= 0.6 is 11.3 Å². The third kappa shape index (κ3) is 3.68. The average molecular weight is 464 g/mol. The minimum Gasteiger partial charge on any atom is -0.351 e. The standard InChI is InChI=1S/C27H33N3O2S/c1-17(2)19-9-11-20(12-10-19)30-25(31)23-15-24-22(13-14-33-24)29(23)16-27(30,4)26(32)28-21-8-6-5-7-18(21)3/h9-15,17-18,21H,5-8,16H2,1-4H3,(H,28,32)/t18-,21+,27+/m0/s1. The Balaban J connectivity index is 1.57. The first kappa shape index (κ1) is 22.2. The summed E-state index contributed by atoms with van der Waals surface area (Å²) in [5.41, 5.74) is 2.65. The topological polar surface area (TPSA) is 54.3 Å². The Morgan fingerprint density at radius 3 is 2.58 bits per heavy atom. The summed E-state index contributed by atoms with van der Waals surface area (Å²) >= 11 is 1.63. The largest absolute Gasteiger partial charge is 0.351 e. The van der Waals surface area contributed by atoms with E-state index in [1.165, 1.54) is 12.0 Å². The molecule has 174 valence electrons. The molecule has 1 aliphatic carbocycles. The van der Waals surface area contributed by atoms with Crippen LogP contribution in [0.25, 0.3) is 10.2 Å². The van der Waals surface area contributed by atoms with E-state index in [-0.39, 0.29) is 17.9 Å². The fourth-order valence-electron chi connectivity index (χ4n) is 5.48. The first-order chi connectivity index (χ1) is 15.8. The maximum atomic E-state index is 13.9. The molecule has 3 atom stereocenters. The Labute approximate surface area is 199 Å². The van der Waals surface area contributed by atoms with Crippen LogP contribution in [0.3, 0.4) is 0 Å². The number of nitrogens with zero attached hydrogens (tertiary/aromatic N) is 2. The number of carbonyl (C=O) groups excluding carboxylic acids is 2. The lowest BCUT2D eigenvalue weighted by molar-refractivity contribution is -0.127. The number of fused-ring (bicyclic) bond motifs is 3. The number of aromatic nitrogens is 1. The molecule has 5 nitrogen and oxygen atoms in total. The minimum absolute atomic E-state index is 0.0646. The van der Waals surface area contributed by atoms with Gasteiger partial charge in [0.2, 0.25) is 5.91 Å². The predicted molar refractivity (Wildman–Crippen MR) is 135 cm³/mol. The van der Waals surface area contributed by atoms with E-state index < -0.39 is 5.54 Å². The number of hydrogen-bond acceptors (Lipinski definition) is 3. The van der Waals surface area contributed by atoms with E-state index in [0.717, 1.165) is 35.2 Å². The quantitative estimate of drug-likeness (QED) is 0.521. The SMILES string of the molecule is CC(C)c1ccc(N2C(=O)c3cc4sccc4n3C[C@]2(C)C(=O)N[C@@H]2CCCC[C@@H]2C)cc1. The van der Waals surface area contributed by atoms with Crippen LogP contribution in [0.5, 0.6) is 0 Å². The van der Waals surface area contributed by atoms with Crippen LogP contribution in [0.1, 0.15) is 75.3 Å². The van der Waals surface area contributed by atoms with Crippen molar-refractivity contribution in [2.45, 2.75) is 77.4 Å². The van der Waals surface area contributed by atoms with Crippen LogP contribution in [0.2, 0.25) is 0 Å². The third-order valence-corrected chi connectivity index (χ3v) is 8.49. The molecule has 0 bridgehead atoms. The molecule has 0 unspecified atom stereocenters. The van der Waals surface area contributed by atoms with Gasteiger partial charge in [0, 0.05) is 11.7 Å². The smallest absolute Gasteiger partial charge is 0.275 e. The summed E-state index contributed by atoms with van der Waals surface area (Å²) in [5.74, 6) is 0.680. The van der Waals surface area contributed by atoms with E-state index in [9.17, 15) is 9.59 Å². The van der Waals surface area contributed by atoms with E-state index in [4.69, 9.17) is 0 Å². The van der Waals surface area contributed by atoms with Gasteiger partial charge in [0.15, 0.2) is 0 Å². The first-order valence-electron chi connectivity index (χ1n) is 12.1. The molecule has 2 amide bonds. The molecule has 2 aromatic heterocycles. The van der Waals surface area contributed by atoms with Crippen molar-refractivity contribution in [2.24, 2.45) is 5.92 Å². The van der Waals surface area contributed by atoms with Crippen molar-refractivity contribution in [2.75, 3.05) is 4.90 Å². The van der Waals surface area contributed by atoms with Gasteiger partial charge in [-0.3, -0.25) is 14.5 Å². The van der Waals surface area contributed by atoms with Crippen LogP contribution in [0.4, 0.5) is 5.69 Å². The number of benzene rings is 1. The van der Waals surface area contributed by atoms with Gasteiger partial charge in [-0.2, -0.15) is 0 Å². The summed E-state index contributed by atoms with van der Waals surface area (Å²) in [5, 5.41) is 5.39. The second-order valence-corrected chi connectivity index (χ2v) is 11.2. The van der Waals surface area contributed by atoms with Crippen molar-refractivity contribution in [3.8, 4) is 0 Å². The molecule has 1 aromatic carbocycles. The van der Waals surface area contributed by atoms with E-state index in [2.05, 4.69) is 38.2 Å². The summed E-state index contributed by atoms with van der Waals surface area (Å²) in [7, 11) is 0. The zero-order valence-corrected chi connectivity index (χ0v) is 20.7. The van der Waals surface area contributed by atoms with Gasteiger partial charge in [-0.1, -0.05) is 45.7 Å². The lowest BCUT2D eigenvalue weighted by Crippen LogP contribution is -2.65. The second kappa shape index (κ2) is 8.32. The summed E-state index contributed by atoms with van der Waals surface area (Å²) in [6.07, 6.45) is 4.50. The molecule has 0 radical (unpaired) electrons. The molecule has 6 heteroatoms. The molecular weight excluding hydrogens is 430 g/mol. The molecule has 1 aliphatic heterocycles. The number of nitrogens with one attached hydrogen (secondary N) is 1. The van der Waals surface area contributed by atoms with E-state index in [1.807, 2.05) is 41.1 Å². The van der Waals surface area contributed by atoms with Crippen LogP contribution in [0, 0.1) is 5.92 Å². The molecule has 3 heterocycles. The molecule has 33 heavy (non-hydrogen) atoms. The van der Waals surface area contributed by atoms with Crippen molar-refractivity contribution in [1.82, 2.24) is 9.88 Å². The van der Waals surface area contributed by atoms with Crippen molar-refractivity contribution in [1.29, 1.82) is 0 Å². The molecule has 1 N–H and O–H groups in total.